The van der Waals surface area contributed by atoms with Gasteiger partial charge in [0, 0.05) is 24.4 Å². The number of nitrogens with two attached hydrogens (primary N) is 1. The molecule has 1 fully saturated rings. The third-order valence-electron chi connectivity index (χ3n) is 6.99. The number of halogens is 3. The number of carbonyl (C=O) groups is 1. The lowest BCUT2D eigenvalue weighted by atomic mass is 9.92. The summed E-state index contributed by atoms with van der Waals surface area (Å²) >= 11 is 0. The molecule has 4 heterocycles. The van der Waals surface area contributed by atoms with Gasteiger partial charge in [0.15, 0.2) is 5.65 Å². The molecule has 5 rings (SSSR count). The van der Waals surface area contributed by atoms with Gasteiger partial charge in [-0.3, -0.25) is 4.79 Å². The van der Waals surface area contributed by atoms with E-state index in [0.29, 0.717) is 43.0 Å². The van der Waals surface area contributed by atoms with Gasteiger partial charge in [0.2, 0.25) is 0 Å². The maximum atomic E-state index is 12.9. The Morgan fingerprint density at radius 3 is 2.51 bits per heavy atom. The Labute approximate surface area is 211 Å². The fourth-order valence-corrected chi connectivity index (χ4v) is 5.04. The van der Waals surface area contributed by atoms with E-state index in [0.717, 1.165) is 16.9 Å². The van der Waals surface area contributed by atoms with Gasteiger partial charge in [-0.2, -0.15) is 23.4 Å². The summed E-state index contributed by atoms with van der Waals surface area (Å²) in [5.74, 6) is -0.583. The molecule has 1 unspecified atom stereocenters. The topological polar surface area (TPSA) is 94.3 Å². The first kappa shape index (κ1) is 24.9. The van der Waals surface area contributed by atoms with Crippen molar-refractivity contribution in [1.82, 2.24) is 29.3 Å². The molecule has 4 aromatic rings. The van der Waals surface area contributed by atoms with Crippen LogP contribution < -0.4 is 5.73 Å². The maximum Gasteiger partial charge on any atom is 0.390 e. The Bertz CT molecular complexity index is 1420. The average molecular weight is 512 g/mol. The minimum Gasteiger partial charge on any atom is -0.365 e. The fraction of sp³-hybridized carbons (Fsp3) is 0.385. The molecule has 1 saturated heterocycles. The van der Waals surface area contributed by atoms with Crippen LogP contribution in [0.5, 0.6) is 0 Å². The number of benzene rings is 1. The van der Waals surface area contributed by atoms with E-state index in [-0.39, 0.29) is 11.5 Å². The van der Waals surface area contributed by atoms with Crippen LogP contribution in [0.2, 0.25) is 0 Å². The van der Waals surface area contributed by atoms with Gasteiger partial charge >= 0.3 is 6.18 Å². The lowest BCUT2D eigenvalue weighted by Gasteiger charge is -2.35. The minimum atomic E-state index is -4.18. The second-order valence-electron chi connectivity index (χ2n) is 9.66. The zero-order valence-corrected chi connectivity index (χ0v) is 20.6. The van der Waals surface area contributed by atoms with E-state index in [2.05, 4.69) is 10.1 Å². The highest BCUT2D eigenvalue weighted by molar-refractivity contribution is 6.04. The minimum absolute atomic E-state index is 0.0620. The molecular weight excluding hydrogens is 483 g/mol. The Kier molecular flexibility index (Phi) is 6.49. The van der Waals surface area contributed by atoms with E-state index in [1.165, 1.54) is 4.52 Å². The Morgan fingerprint density at radius 1 is 1.16 bits per heavy atom. The third kappa shape index (κ3) is 5.08. The van der Waals surface area contributed by atoms with Crippen molar-refractivity contribution in [2.75, 3.05) is 13.1 Å². The van der Waals surface area contributed by atoms with Gasteiger partial charge in [-0.15, -0.1) is 0 Å². The number of rotatable bonds is 6. The number of alkyl halides is 3. The van der Waals surface area contributed by atoms with Gasteiger partial charge in [0.1, 0.15) is 11.3 Å². The van der Waals surface area contributed by atoms with E-state index >= 15 is 0 Å². The molecule has 0 spiro atoms. The van der Waals surface area contributed by atoms with E-state index < -0.39 is 24.5 Å². The summed E-state index contributed by atoms with van der Waals surface area (Å²) < 4.78 is 41.9. The van der Waals surface area contributed by atoms with Crippen molar-refractivity contribution in [2.45, 2.75) is 51.2 Å². The second kappa shape index (κ2) is 9.62. The molecule has 1 aliphatic heterocycles. The lowest BCUT2D eigenvalue weighted by molar-refractivity contribution is -0.146. The Hall–Kier alpha value is -3.73. The van der Waals surface area contributed by atoms with E-state index in [1.807, 2.05) is 42.2 Å². The summed E-state index contributed by atoms with van der Waals surface area (Å²) in [6.07, 6.45) is -0.363. The summed E-state index contributed by atoms with van der Waals surface area (Å²) in [6, 6.07) is 10.9. The largest absolute Gasteiger partial charge is 0.390 e. The molecule has 0 bridgehead atoms. The zero-order chi connectivity index (χ0) is 26.3. The molecule has 3 aromatic heterocycles. The summed E-state index contributed by atoms with van der Waals surface area (Å²) in [5, 5.41) is 9.52. The highest BCUT2D eigenvalue weighted by atomic mass is 19.4. The molecule has 1 aliphatic rings. The number of nitrogens with zero attached hydrogens (tertiary/aromatic N) is 6. The van der Waals surface area contributed by atoms with Gasteiger partial charge in [-0.25, -0.2) is 14.2 Å². The van der Waals surface area contributed by atoms with Crippen molar-refractivity contribution in [3.8, 4) is 17.1 Å². The number of hydrogen-bond donors (Lipinski definition) is 1. The van der Waals surface area contributed by atoms with Crippen LogP contribution in [-0.4, -0.2) is 60.5 Å². The molecule has 1 atom stereocenters. The predicted molar refractivity (Wildman–Crippen MR) is 132 cm³/mol. The summed E-state index contributed by atoms with van der Waals surface area (Å²) in [6.45, 7) is 4.73. The molecule has 11 heteroatoms. The van der Waals surface area contributed by atoms with Crippen molar-refractivity contribution in [2.24, 2.45) is 5.73 Å². The summed E-state index contributed by atoms with van der Waals surface area (Å²) in [5.41, 5.74) is 9.99. The molecule has 0 saturated carbocycles. The molecule has 194 valence electrons. The number of aryl methyl sites for hydroxylation is 1. The molecule has 1 amide bonds. The third-order valence-corrected chi connectivity index (χ3v) is 6.99. The van der Waals surface area contributed by atoms with Crippen LogP contribution in [0.3, 0.4) is 0 Å². The van der Waals surface area contributed by atoms with Crippen molar-refractivity contribution in [1.29, 1.82) is 0 Å². The van der Waals surface area contributed by atoms with Crippen LogP contribution in [0, 0.1) is 6.92 Å². The van der Waals surface area contributed by atoms with Crippen LogP contribution in [0.1, 0.15) is 53.7 Å². The smallest absolute Gasteiger partial charge is 0.365 e. The maximum absolute atomic E-state index is 12.9. The van der Waals surface area contributed by atoms with Crippen molar-refractivity contribution >= 4 is 11.6 Å². The van der Waals surface area contributed by atoms with Crippen LogP contribution in [0.15, 0.2) is 48.8 Å². The first-order valence-corrected chi connectivity index (χ1v) is 12.2. The number of hydrogen-bond acceptors (Lipinski definition) is 5. The molecule has 0 radical (unpaired) electrons. The van der Waals surface area contributed by atoms with Gasteiger partial charge < -0.3 is 10.6 Å². The first-order valence-electron chi connectivity index (χ1n) is 12.2. The lowest BCUT2D eigenvalue weighted by Crippen LogP contribution is -2.41. The Morgan fingerprint density at radius 2 is 1.86 bits per heavy atom. The van der Waals surface area contributed by atoms with E-state index in [9.17, 15) is 18.0 Å². The van der Waals surface area contributed by atoms with Crippen LogP contribution in [0.25, 0.3) is 22.7 Å². The van der Waals surface area contributed by atoms with Crippen molar-refractivity contribution < 1.29 is 18.0 Å². The highest BCUT2D eigenvalue weighted by Gasteiger charge is 2.34. The van der Waals surface area contributed by atoms with Crippen LogP contribution >= 0.6 is 0 Å². The summed E-state index contributed by atoms with van der Waals surface area (Å²) in [7, 11) is 0. The van der Waals surface area contributed by atoms with Crippen molar-refractivity contribution in [3.63, 3.8) is 0 Å². The zero-order valence-electron chi connectivity index (χ0n) is 20.6. The summed E-state index contributed by atoms with van der Waals surface area (Å²) in [4.78, 5) is 18.7. The van der Waals surface area contributed by atoms with E-state index in [1.54, 1.807) is 30.1 Å². The number of aromatic nitrogens is 5. The van der Waals surface area contributed by atoms with Gasteiger partial charge in [0.05, 0.1) is 23.5 Å². The number of piperidine rings is 1. The van der Waals surface area contributed by atoms with Gasteiger partial charge in [-0.1, -0.05) is 17.7 Å². The Balaban J connectivity index is 1.52. The van der Waals surface area contributed by atoms with Crippen LogP contribution in [-0.2, 0) is 0 Å². The first-order chi connectivity index (χ1) is 17.6. The van der Waals surface area contributed by atoms with Crippen LogP contribution in [0.4, 0.5) is 13.2 Å². The highest BCUT2D eigenvalue weighted by Crippen LogP contribution is 2.35. The molecule has 37 heavy (non-hydrogen) atoms. The van der Waals surface area contributed by atoms with E-state index in [4.69, 9.17) is 10.8 Å². The fourth-order valence-electron chi connectivity index (χ4n) is 5.04. The predicted octanol–water partition coefficient (Wildman–Crippen LogP) is 4.51. The molecule has 8 nitrogen and oxygen atoms in total. The quantitative estimate of drug-likeness (QED) is 0.411. The number of carbonyl (C=O) groups excluding carboxylic acids is 1. The average Bonchev–Trinajstić information content (AvgIpc) is 3.46. The SMILES string of the molecule is Cc1ccc(-n2nc(C3CCN(C(C)CC(F)(F)F)CC3)cc2-c2nn3cccnc3c2C(N)=O)cc1. The molecule has 1 aromatic carbocycles. The monoisotopic (exact) mass is 511 g/mol. The van der Waals surface area contributed by atoms with Crippen molar-refractivity contribution in [3.05, 3.63) is 65.6 Å². The number of amides is 1. The number of primary amides is 1. The standard InChI is InChI=1S/C26H28F3N7O/c1-16-4-6-19(7-5-16)36-21(23-22(24(30)37)25-31-10-3-11-35(25)33-23)14-20(32-36)18-8-12-34(13-9-18)17(2)15-26(27,28)29/h3-7,10-11,14,17-18H,8-9,12-13,15H2,1-2H3,(H2,30,37). The molecular formula is C26H28F3N7O. The molecule has 2 N–H and O–H groups in total. The normalized spacial score (nSPS) is 16.4. The number of likely N-dealkylation sites (tertiary alicyclic amines) is 1. The van der Waals surface area contributed by atoms with Gasteiger partial charge in [0.25, 0.3) is 5.91 Å². The van der Waals surface area contributed by atoms with Gasteiger partial charge in [-0.05, 0) is 64.0 Å². The molecule has 0 aliphatic carbocycles. The second-order valence-corrected chi connectivity index (χ2v) is 9.66. The number of fused-ring (bicyclic) bond motifs is 1.